The normalized spacial score (nSPS) is 33.6. The van der Waals surface area contributed by atoms with Gasteiger partial charge in [-0.25, -0.2) is 0 Å². The molecule has 104 valence electrons. The molecule has 2 fully saturated rings. The first-order valence-electron chi connectivity index (χ1n) is 7.33. The maximum absolute atomic E-state index is 12.4. The Morgan fingerprint density at radius 1 is 1.44 bits per heavy atom. The van der Waals surface area contributed by atoms with Crippen molar-refractivity contribution in [2.45, 2.75) is 32.7 Å². The summed E-state index contributed by atoms with van der Waals surface area (Å²) in [5, 5.41) is 3.28. The van der Waals surface area contributed by atoms with Crippen molar-refractivity contribution in [3.63, 3.8) is 0 Å². The number of rotatable bonds is 3. The van der Waals surface area contributed by atoms with Crippen LogP contribution < -0.4 is 5.32 Å². The van der Waals surface area contributed by atoms with Gasteiger partial charge in [-0.2, -0.15) is 0 Å². The lowest BCUT2D eigenvalue weighted by atomic mass is 9.91. The third kappa shape index (κ3) is 2.86. The number of hydrogen-bond donors (Lipinski definition) is 1. The van der Waals surface area contributed by atoms with Crippen molar-refractivity contribution in [1.29, 1.82) is 0 Å². The van der Waals surface area contributed by atoms with E-state index < -0.39 is 0 Å². The number of carbonyl (C=O) groups is 1. The highest BCUT2D eigenvalue weighted by atomic mass is 16.2. The average Bonchev–Trinajstić information content (AvgIpc) is 2.90. The molecule has 18 heavy (non-hydrogen) atoms. The van der Waals surface area contributed by atoms with E-state index in [-0.39, 0.29) is 5.92 Å². The van der Waals surface area contributed by atoms with Gasteiger partial charge in [-0.15, -0.1) is 0 Å². The molecular formula is C14H27N3O. The summed E-state index contributed by atoms with van der Waals surface area (Å²) in [6.45, 7) is 9.74. The number of amides is 1. The van der Waals surface area contributed by atoms with Gasteiger partial charge in [0.1, 0.15) is 0 Å². The van der Waals surface area contributed by atoms with Crippen molar-refractivity contribution < 1.29 is 4.79 Å². The third-order valence-electron chi connectivity index (χ3n) is 4.65. The Morgan fingerprint density at radius 2 is 2.22 bits per heavy atom. The molecule has 4 nitrogen and oxygen atoms in total. The molecule has 1 amide bonds. The van der Waals surface area contributed by atoms with Gasteiger partial charge in [0, 0.05) is 32.7 Å². The van der Waals surface area contributed by atoms with Crippen LogP contribution in [0.15, 0.2) is 0 Å². The van der Waals surface area contributed by atoms with E-state index in [1.807, 2.05) is 11.9 Å². The largest absolute Gasteiger partial charge is 0.342 e. The quantitative estimate of drug-likeness (QED) is 0.807. The zero-order chi connectivity index (χ0) is 13.1. The molecule has 0 saturated carbocycles. The van der Waals surface area contributed by atoms with Crippen molar-refractivity contribution >= 4 is 5.91 Å². The van der Waals surface area contributed by atoms with Crippen LogP contribution >= 0.6 is 0 Å². The molecule has 2 aliphatic heterocycles. The molecule has 0 aromatic carbocycles. The highest BCUT2D eigenvalue weighted by Gasteiger charge is 2.34. The molecule has 2 heterocycles. The molecule has 0 aliphatic carbocycles. The first-order chi connectivity index (χ1) is 8.63. The predicted molar refractivity (Wildman–Crippen MR) is 73.4 cm³/mol. The van der Waals surface area contributed by atoms with Gasteiger partial charge in [0.05, 0.1) is 5.92 Å². The molecule has 2 aliphatic rings. The zero-order valence-electron chi connectivity index (χ0n) is 12.0. The van der Waals surface area contributed by atoms with E-state index in [4.69, 9.17) is 0 Å². The van der Waals surface area contributed by atoms with Gasteiger partial charge in [0.15, 0.2) is 0 Å². The van der Waals surface area contributed by atoms with Crippen LogP contribution in [0.2, 0.25) is 0 Å². The van der Waals surface area contributed by atoms with Gasteiger partial charge < -0.3 is 15.1 Å². The Bertz CT molecular complexity index is 289. The monoisotopic (exact) mass is 253 g/mol. The smallest absolute Gasteiger partial charge is 0.227 e. The van der Waals surface area contributed by atoms with Gasteiger partial charge in [-0.3, -0.25) is 4.79 Å². The molecule has 3 atom stereocenters. The minimum atomic E-state index is 0.214. The van der Waals surface area contributed by atoms with Crippen LogP contribution in [0, 0.1) is 11.8 Å². The topological polar surface area (TPSA) is 35.6 Å². The van der Waals surface area contributed by atoms with Gasteiger partial charge in [0.25, 0.3) is 0 Å². The second kappa shape index (κ2) is 6.02. The van der Waals surface area contributed by atoms with Crippen LogP contribution in [0.1, 0.15) is 26.7 Å². The summed E-state index contributed by atoms with van der Waals surface area (Å²) in [5.41, 5.74) is 0. The minimum absolute atomic E-state index is 0.214. The summed E-state index contributed by atoms with van der Waals surface area (Å²) in [4.78, 5) is 16.9. The minimum Gasteiger partial charge on any atom is -0.342 e. The second-order valence-electron chi connectivity index (χ2n) is 5.87. The van der Waals surface area contributed by atoms with E-state index in [0.29, 0.717) is 17.9 Å². The summed E-state index contributed by atoms with van der Waals surface area (Å²) in [5.74, 6) is 1.15. The molecule has 2 saturated heterocycles. The van der Waals surface area contributed by atoms with Crippen molar-refractivity contribution in [3.8, 4) is 0 Å². The fraction of sp³-hybridized carbons (Fsp3) is 0.929. The van der Waals surface area contributed by atoms with E-state index in [9.17, 15) is 4.79 Å². The summed E-state index contributed by atoms with van der Waals surface area (Å²) < 4.78 is 0. The number of hydrogen-bond acceptors (Lipinski definition) is 3. The predicted octanol–water partition coefficient (Wildman–Crippen LogP) is 0.785. The average molecular weight is 253 g/mol. The van der Waals surface area contributed by atoms with E-state index in [1.165, 1.54) is 0 Å². The van der Waals surface area contributed by atoms with Crippen molar-refractivity contribution in [2.75, 3.05) is 39.8 Å². The highest BCUT2D eigenvalue weighted by molar-refractivity contribution is 5.79. The van der Waals surface area contributed by atoms with Crippen molar-refractivity contribution in [3.05, 3.63) is 0 Å². The van der Waals surface area contributed by atoms with Crippen molar-refractivity contribution in [1.82, 2.24) is 15.1 Å². The molecule has 2 rings (SSSR count). The van der Waals surface area contributed by atoms with E-state index >= 15 is 0 Å². The van der Waals surface area contributed by atoms with Crippen LogP contribution in [0.4, 0.5) is 0 Å². The van der Waals surface area contributed by atoms with Crippen LogP contribution in [-0.2, 0) is 4.79 Å². The summed E-state index contributed by atoms with van der Waals surface area (Å²) in [7, 11) is 2.00. The Kier molecular flexibility index (Phi) is 4.62. The lowest BCUT2D eigenvalue weighted by Gasteiger charge is -2.41. The standard InChI is InChI=1S/C14H27N3O/c1-4-17-8-6-13(11(2)10-17)16(3)14(18)12-5-7-15-9-12/h11-13,15H,4-10H2,1-3H3/t11-,12+,13+/m1/s1. The van der Waals surface area contributed by atoms with Crippen LogP contribution in [0.25, 0.3) is 0 Å². The SMILES string of the molecule is CCN1CC[C@H](N(C)C(=O)[C@H]2CCNC2)[C@H](C)C1. The lowest BCUT2D eigenvalue weighted by Crippen LogP contribution is -2.52. The maximum Gasteiger partial charge on any atom is 0.227 e. The molecular weight excluding hydrogens is 226 g/mol. The number of likely N-dealkylation sites (tertiary alicyclic amines) is 1. The Labute approximate surface area is 111 Å². The highest BCUT2D eigenvalue weighted by Crippen LogP contribution is 2.23. The third-order valence-corrected chi connectivity index (χ3v) is 4.65. The number of nitrogens with zero attached hydrogens (tertiary/aromatic N) is 2. The molecule has 0 aromatic heterocycles. The zero-order valence-corrected chi connectivity index (χ0v) is 12.0. The van der Waals surface area contributed by atoms with Crippen molar-refractivity contribution in [2.24, 2.45) is 11.8 Å². The molecule has 0 spiro atoms. The lowest BCUT2D eigenvalue weighted by molar-refractivity contribution is -0.137. The van der Waals surface area contributed by atoms with Gasteiger partial charge >= 0.3 is 0 Å². The number of carbonyl (C=O) groups excluding carboxylic acids is 1. The van der Waals surface area contributed by atoms with Gasteiger partial charge in [-0.05, 0) is 31.8 Å². The maximum atomic E-state index is 12.4. The molecule has 0 unspecified atom stereocenters. The Morgan fingerprint density at radius 3 is 2.78 bits per heavy atom. The van der Waals surface area contributed by atoms with Crippen LogP contribution in [-0.4, -0.2) is 61.5 Å². The first-order valence-corrected chi connectivity index (χ1v) is 7.33. The number of nitrogens with one attached hydrogen (secondary N) is 1. The Balaban J connectivity index is 1.92. The summed E-state index contributed by atoms with van der Waals surface area (Å²) in [6.07, 6.45) is 2.13. The summed E-state index contributed by atoms with van der Waals surface area (Å²) in [6, 6.07) is 0.431. The van der Waals surface area contributed by atoms with E-state index in [2.05, 4.69) is 24.1 Å². The molecule has 0 bridgehead atoms. The molecule has 0 radical (unpaired) electrons. The molecule has 1 N–H and O–H groups in total. The number of piperidine rings is 1. The first kappa shape index (κ1) is 13.8. The van der Waals surface area contributed by atoms with Crippen LogP contribution in [0.5, 0.6) is 0 Å². The fourth-order valence-corrected chi connectivity index (χ4v) is 3.40. The summed E-state index contributed by atoms with van der Waals surface area (Å²) >= 11 is 0. The van der Waals surface area contributed by atoms with E-state index in [0.717, 1.165) is 45.6 Å². The van der Waals surface area contributed by atoms with Gasteiger partial charge in [0.2, 0.25) is 5.91 Å². The molecule has 4 heteroatoms. The van der Waals surface area contributed by atoms with Crippen LogP contribution in [0.3, 0.4) is 0 Å². The fourth-order valence-electron chi connectivity index (χ4n) is 3.40. The molecule has 0 aromatic rings. The van der Waals surface area contributed by atoms with E-state index in [1.54, 1.807) is 0 Å². The van der Waals surface area contributed by atoms with Gasteiger partial charge in [-0.1, -0.05) is 13.8 Å². The Hall–Kier alpha value is -0.610. The second-order valence-corrected chi connectivity index (χ2v) is 5.87.